The zero-order valence-electron chi connectivity index (χ0n) is 10.8. The van der Waals surface area contributed by atoms with Gasteiger partial charge in [-0.2, -0.15) is 13.2 Å². The number of pyridine rings is 1. The fourth-order valence-electron chi connectivity index (χ4n) is 1.83. The van der Waals surface area contributed by atoms with E-state index >= 15 is 0 Å². The zero-order chi connectivity index (χ0) is 14.3. The monoisotopic (exact) mass is 338 g/mol. The maximum atomic E-state index is 12.2. The number of alkyl halides is 3. The van der Waals surface area contributed by atoms with Gasteiger partial charge in [-0.25, -0.2) is 0 Å². The summed E-state index contributed by atoms with van der Waals surface area (Å²) in [6, 6.07) is 1.82. The third kappa shape index (κ3) is 6.92. The number of aromatic nitrogens is 1. The Morgan fingerprint density at radius 3 is 2.68 bits per heavy atom. The Morgan fingerprint density at radius 1 is 1.37 bits per heavy atom. The summed E-state index contributed by atoms with van der Waals surface area (Å²) in [5.74, 6) is 0. The van der Waals surface area contributed by atoms with E-state index in [9.17, 15) is 13.2 Å². The quantitative estimate of drug-likeness (QED) is 0.784. The third-order valence-electron chi connectivity index (χ3n) is 2.72. The van der Waals surface area contributed by atoms with Crippen LogP contribution < -0.4 is 5.32 Å². The Labute approximate surface area is 119 Å². The molecule has 19 heavy (non-hydrogen) atoms. The topological polar surface area (TPSA) is 24.9 Å². The lowest BCUT2D eigenvalue weighted by Gasteiger charge is -2.19. The second kappa shape index (κ2) is 7.85. The van der Waals surface area contributed by atoms with Crippen LogP contribution >= 0.6 is 15.9 Å². The van der Waals surface area contributed by atoms with E-state index in [1.165, 1.54) is 0 Å². The summed E-state index contributed by atoms with van der Waals surface area (Å²) >= 11 is 3.33. The molecule has 0 saturated carbocycles. The standard InChI is InChI=1S/C13H18BrF3N2/c1-2-6-19-12(4-3-5-13(15,16)17)10-7-11(14)9-18-8-10/h7-9,12,19H,2-6H2,1H3. The Bertz CT molecular complexity index is 382. The molecule has 0 saturated heterocycles. The number of nitrogens with one attached hydrogen (secondary N) is 1. The van der Waals surface area contributed by atoms with Gasteiger partial charge in [0.15, 0.2) is 0 Å². The van der Waals surface area contributed by atoms with E-state index in [1.807, 2.05) is 13.0 Å². The Morgan fingerprint density at radius 2 is 2.11 bits per heavy atom. The minimum Gasteiger partial charge on any atom is -0.310 e. The summed E-state index contributed by atoms with van der Waals surface area (Å²) in [7, 11) is 0. The van der Waals surface area contributed by atoms with Gasteiger partial charge in [-0.15, -0.1) is 0 Å². The minimum absolute atomic E-state index is 0.0766. The summed E-state index contributed by atoms with van der Waals surface area (Å²) in [4.78, 5) is 4.06. The fraction of sp³-hybridized carbons (Fsp3) is 0.615. The van der Waals surface area contributed by atoms with E-state index in [0.717, 1.165) is 23.0 Å². The van der Waals surface area contributed by atoms with E-state index in [0.29, 0.717) is 6.42 Å². The maximum absolute atomic E-state index is 12.2. The average Bonchev–Trinajstić information content (AvgIpc) is 2.32. The predicted molar refractivity (Wildman–Crippen MR) is 72.9 cm³/mol. The van der Waals surface area contributed by atoms with Crippen LogP contribution in [0.5, 0.6) is 0 Å². The number of hydrogen-bond donors (Lipinski definition) is 1. The van der Waals surface area contributed by atoms with Crippen molar-refractivity contribution < 1.29 is 13.2 Å². The molecule has 2 nitrogen and oxygen atoms in total. The molecular weight excluding hydrogens is 321 g/mol. The van der Waals surface area contributed by atoms with Gasteiger partial charge in [-0.1, -0.05) is 6.92 Å². The van der Waals surface area contributed by atoms with Crippen LogP contribution in [0.4, 0.5) is 13.2 Å². The van der Waals surface area contributed by atoms with Gasteiger partial charge in [-0.05, 0) is 53.4 Å². The van der Waals surface area contributed by atoms with E-state index in [1.54, 1.807) is 12.4 Å². The maximum Gasteiger partial charge on any atom is 0.389 e. The average molecular weight is 339 g/mol. The van der Waals surface area contributed by atoms with Crippen LogP contribution in [-0.4, -0.2) is 17.7 Å². The van der Waals surface area contributed by atoms with Gasteiger partial charge in [0.2, 0.25) is 0 Å². The van der Waals surface area contributed by atoms with Gasteiger partial charge < -0.3 is 5.32 Å². The highest BCUT2D eigenvalue weighted by atomic mass is 79.9. The molecule has 1 atom stereocenters. The molecule has 0 spiro atoms. The van der Waals surface area contributed by atoms with Crippen molar-refractivity contribution in [2.24, 2.45) is 0 Å². The number of nitrogens with zero attached hydrogens (tertiary/aromatic N) is 1. The molecular formula is C13H18BrF3N2. The van der Waals surface area contributed by atoms with E-state index < -0.39 is 12.6 Å². The first kappa shape index (κ1) is 16.4. The highest BCUT2D eigenvalue weighted by Crippen LogP contribution is 2.27. The second-order valence-corrected chi connectivity index (χ2v) is 5.37. The van der Waals surface area contributed by atoms with Crippen LogP contribution in [0, 0.1) is 0 Å². The highest BCUT2D eigenvalue weighted by Gasteiger charge is 2.26. The number of rotatable bonds is 7. The summed E-state index contributed by atoms with van der Waals surface area (Å²) < 4.78 is 37.4. The smallest absolute Gasteiger partial charge is 0.310 e. The fourth-order valence-corrected chi connectivity index (χ4v) is 2.21. The van der Waals surface area contributed by atoms with Crippen LogP contribution in [0.15, 0.2) is 22.9 Å². The molecule has 0 bridgehead atoms. The normalized spacial score (nSPS) is 13.5. The number of hydrogen-bond acceptors (Lipinski definition) is 2. The van der Waals surface area contributed by atoms with Crippen LogP contribution in [-0.2, 0) is 0 Å². The molecule has 0 fully saturated rings. The van der Waals surface area contributed by atoms with Gasteiger partial charge >= 0.3 is 6.18 Å². The van der Waals surface area contributed by atoms with E-state index in [-0.39, 0.29) is 12.5 Å². The van der Waals surface area contributed by atoms with Crippen LogP contribution in [0.25, 0.3) is 0 Å². The predicted octanol–water partition coefficient (Wildman–Crippen LogP) is 4.62. The molecule has 0 aliphatic carbocycles. The first-order chi connectivity index (χ1) is 8.92. The molecule has 1 aromatic heterocycles. The summed E-state index contributed by atoms with van der Waals surface area (Å²) in [5.41, 5.74) is 0.921. The van der Waals surface area contributed by atoms with E-state index in [2.05, 4.69) is 26.2 Å². The lowest BCUT2D eigenvalue weighted by Crippen LogP contribution is -2.23. The lowest BCUT2D eigenvalue weighted by molar-refractivity contribution is -0.135. The van der Waals surface area contributed by atoms with Crippen molar-refractivity contribution in [3.63, 3.8) is 0 Å². The third-order valence-corrected chi connectivity index (χ3v) is 3.16. The summed E-state index contributed by atoms with van der Waals surface area (Å²) in [6.07, 6.45) is 0.0670. The molecule has 0 aliphatic rings. The molecule has 108 valence electrons. The van der Waals surface area contributed by atoms with Gasteiger partial charge in [-0.3, -0.25) is 4.98 Å². The van der Waals surface area contributed by atoms with Crippen LogP contribution in [0.2, 0.25) is 0 Å². The summed E-state index contributed by atoms with van der Waals surface area (Å²) in [5, 5.41) is 3.27. The lowest BCUT2D eigenvalue weighted by atomic mass is 10.0. The van der Waals surface area contributed by atoms with Crippen LogP contribution in [0.1, 0.15) is 44.2 Å². The zero-order valence-corrected chi connectivity index (χ0v) is 12.4. The molecule has 1 rings (SSSR count). The van der Waals surface area contributed by atoms with Gasteiger partial charge in [0, 0.05) is 29.3 Å². The molecule has 0 aromatic carbocycles. The molecule has 0 amide bonds. The van der Waals surface area contributed by atoms with E-state index in [4.69, 9.17) is 0 Å². The van der Waals surface area contributed by atoms with Gasteiger partial charge in [0.1, 0.15) is 0 Å². The van der Waals surface area contributed by atoms with Crippen molar-refractivity contribution >= 4 is 15.9 Å². The molecule has 0 radical (unpaired) electrons. The first-order valence-corrected chi connectivity index (χ1v) is 7.12. The second-order valence-electron chi connectivity index (χ2n) is 4.45. The van der Waals surface area contributed by atoms with Crippen molar-refractivity contribution in [2.45, 2.75) is 44.8 Å². The molecule has 1 aromatic rings. The van der Waals surface area contributed by atoms with Crippen LogP contribution in [0.3, 0.4) is 0 Å². The molecule has 6 heteroatoms. The molecule has 0 aliphatic heterocycles. The molecule has 1 heterocycles. The van der Waals surface area contributed by atoms with Crippen molar-refractivity contribution in [1.29, 1.82) is 0 Å². The van der Waals surface area contributed by atoms with Crippen molar-refractivity contribution in [2.75, 3.05) is 6.54 Å². The SMILES string of the molecule is CCCNC(CCCC(F)(F)F)c1cncc(Br)c1. The van der Waals surface area contributed by atoms with Crippen molar-refractivity contribution in [1.82, 2.24) is 10.3 Å². The number of halogens is 4. The first-order valence-electron chi connectivity index (χ1n) is 6.33. The minimum atomic E-state index is -4.08. The molecule has 1 N–H and O–H groups in total. The largest absolute Gasteiger partial charge is 0.389 e. The van der Waals surface area contributed by atoms with Gasteiger partial charge in [0.25, 0.3) is 0 Å². The van der Waals surface area contributed by atoms with Crippen molar-refractivity contribution in [3.05, 3.63) is 28.5 Å². The summed E-state index contributed by atoms with van der Waals surface area (Å²) in [6.45, 7) is 2.81. The Balaban J connectivity index is 2.61. The molecule has 1 unspecified atom stereocenters. The van der Waals surface area contributed by atoms with Gasteiger partial charge in [0.05, 0.1) is 0 Å². The van der Waals surface area contributed by atoms with Crippen molar-refractivity contribution in [3.8, 4) is 0 Å². The Kier molecular flexibility index (Phi) is 6.79. The highest BCUT2D eigenvalue weighted by molar-refractivity contribution is 9.10. The Hall–Kier alpha value is -0.620.